The Kier molecular flexibility index (Phi) is 4.07. The van der Waals surface area contributed by atoms with E-state index in [2.05, 4.69) is 18.7 Å². The molecule has 0 aromatic carbocycles. The molecule has 0 aromatic heterocycles. The van der Waals surface area contributed by atoms with E-state index in [-0.39, 0.29) is 6.04 Å². The Labute approximate surface area is 122 Å². The molecule has 0 aromatic rings. The number of hydrogen-bond donors (Lipinski definition) is 1. The van der Waals surface area contributed by atoms with Crippen molar-refractivity contribution in [3.05, 3.63) is 0 Å². The number of rotatable bonds is 2. The van der Waals surface area contributed by atoms with Crippen LogP contribution in [0, 0.1) is 17.8 Å². The Morgan fingerprint density at radius 2 is 1.65 bits per heavy atom. The number of nitrogens with zero attached hydrogens (tertiary/aromatic N) is 1. The largest absolute Gasteiger partial charge is 0.480 e. The molecule has 0 radical (unpaired) electrons. The normalized spacial score (nSPS) is 46.1. The van der Waals surface area contributed by atoms with Crippen molar-refractivity contribution in [3.63, 3.8) is 0 Å². The first-order valence-corrected chi connectivity index (χ1v) is 8.60. The lowest BCUT2D eigenvalue weighted by Crippen LogP contribution is -2.54. The van der Waals surface area contributed by atoms with Crippen molar-refractivity contribution >= 4 is 5.97 Å². The van der Waals surface area contributed by atoms with E-state index in [1.807, 2.05) is 0 Å². The minimum Gasteiger partial charge on any atom is -0.480 e. The van der Waals surface area contributed by atoms with Crippen molar-refractivity contribution in [1.82, 2.24) is 4.90 Å². The molecule has 20 heavy (non-hydrogen) atoms. The third-order valence-corrected chi connectivity index (χ3v) is 6.25. The first-order chi connectivity index (χ1) is 9.59. The number of likely N-dealkylation sites (tertiary alicyclic amines) is 1. The maximum atomic E-state index is 11.8. The van der Waals surface area contributed by atoms with Gasteiger partial charge in [0, 0.05) is 12.1 Å². The van der Waals surface area contributed by atoms with Crippen LogP contribution in [0.2, 0.25) is 0 Å². The number of hydrogen-bond acceptors (Lipinski definition) is 2. The van der Waals surface area contributed by atoms with Gasteiger partial charge >= 0.3 is 5.97 Å². The first kappa shape index (κ1) is 14.4. The van der Waals surface area contributed by atoms with Gasteiger partial charge in [-0.1, -0.05) is 33.1 Å². The number of fused-ring (bicyclic) bond motifs is 1. The van der Waals surface area contributed by atoms with Gasteiger partial charge in [0.25, 0.3) is 0 Å². The lowest BCUT2D eigenvalue weighted by atomic mass is 9.76. The van der Waals surface area contributed by atoms with Gasteiger partial charge in [0.1, 0.15) is 6.04 Å². The average molecular weight is 279 g/mol. The number of carboxylic acids is 1. The molecule has 114 valence electrons. The van der Waals surface area contributed by atoms with E-state index in [9.17, 15) is 9.90 Å². The fourth-order valence-corrected chi connectivity index (χ4v) is 5.40. The summed E-state index contributed by atoms with van der Waals surface area (Å²) in [5, 5.41) is 9.69. The van der Waals surface area contributed by atoms with Gasteiger partial charge in [-0.15, -0.1) is 0 Å². The van der Waals surface area contributed by atoms with Gasteiger partial charge in [-0.05, 0) is 49.9 Å². The Balaban J connectivity index is 1.88. The zero-order valence-electron chi connectivity index (χ0n) is 12.9. The predicted molar refractivity (Wildman–Crippen MR) is 79.6 cm³/mol. The molecule has 0 bridgehead atoms. The zero-order valence-corrected chi connectivity index (χ0v) is 12.9. The summed E-state index contributed by atoms with van der Waals surface area (Å²) in [6, 6.07) is 0.840. The van der Waals surface area contributed by atoms with E-state index in [0.717, 1.165) is 6.42 Å². The molecule has 0 amide bonds. The number of carboxylic acid groups (broad SMARTS) is 1. The van der Waals surface area contributed by atoms with Crippen LogP contribution >= 0.6 is 0 Å². The minimum absolute atomic E-state index is 0.212. The topological polar surface area (TPSA) is 40.5 Å². The minimum atomic E-state index is -0.579. The van der Waals surface area contributed by atoms with Crippen LogP contribution in [-0.2, 0) is 4.79 Å². The molecule has 1 saturated heterocycles. The van der Waals surface area contributed by atoms with Crippen LogP contribution in [0.3, 0.4) is 0 Å². The Bertz CT molecular complexity index is 360. The highest BCUT2D eigenvalue weighted by Gasteiger charge is 2.50. The Hall–Kier alpha value is -0.570. The molecule has 1 heterocycles. The molecule has 0 spiro atoms. The monoisotopic (exact) mass is 279 g/mol. The van der Waals surface area contributed by atoms with Crippen LogP contribution in [0.4, 0.5) is 0 Å². The summed E-state index contributed by atoms with van der Waals surface area (Å²) in [4.78, 5) is 14.2. The van der Waals surface area contributed by atoms with E-state index in [4.69, 9.17) is 0 Å². The summed E-state index contributed by atoms with van der Waals surface area (Å²) in [5.74, 6) is 1.37. The van der Waals surface area contributed by atoms with Gasteiger partial charge in [-0.2, -0.15) is 0 Å². The standard InChI is InChI=1S/C17H29NO2/c1-11-6-5-7-12(2)16(11)18-14-9-4-3-8-13(14)10-15(18)17(19)20/h11-16H,3-10H2,1-2H3,(H,19,20). The highest BCUT2D eigenvalue weighted by molar-refractivity contribution is 5.74. The third kappa shape index (κ3) is 2.38. The van der Waals surface area contributed by atoms with Crippen molar-refractivity contribution in [2.75, 3.05) is 0 Å². The lowest BCUT2D eigenvalue weighted by molar-refractivity contribution is -0.145. The molecule has 3 rings (SSSR count). The maximum Gasteiger partial charge on any atom is 0.320 e. The second-order valence-corrected chi connectivity index (χ2v) is 7.52. The molecule has 3 nitrogen and oxygen atoms in total. The van der Waals surface area contributed by atoms with Gasteiger partial charge in [0.2, 0.25) is 0 Å². The molecule has 5 unspecified atom stereocenters. The van der Waals surface area contributed by atoms with Crippen LogP contribution in [0.1, 0.15) is 65.2 Å². The van der Waals surface area contributed by atoms with Crippen LogP contribution in [0.15, 0.2) is 0 Å². The van der Waals surface area contributed by atoms with Crippen LogP contribution < -0.4 is 0 Å². The van der Waals surface area contributed by atoms with Crippen LogP contribution in [0.25, 0.3) is 0 Å². The molecule has 2 aliphatic carbocycles. The summed E-state index contributed by atoms with van der Waals surface area (Å²) in [6.45, 7) is 4.69. The highest BCUT2D eigenvalue weighted by Crippen LogP contribution is 2.45. The number of aliphatic carboxylic acids is 1. The summed E-state index contributed by atoms with van der Waals surface area (Å²) in [5.41, 5.74) is 0. The van der Waals surface area contributed by atoms with Crippen molar-refractivity contribution in [1.29, 1.82) is 0 Å². The molecule has 3 heteroatoms. The highest BCUT2D eigenvalue weighted by atomic mass is 16.4. The van der Waals surface area contributed by atoms with Crippen molar-refractivity contribution in [2.45, 2.75) is 83.3 Å². The molecule has 3 aliphatic rings. The second kappa shape index (κ2) is 5.67. The first-order valence-electron chi connectivity index (χ1n) is 8.60. The Morgan fingerprint density at radius 3 is 2.30 bits per heavy atom. The van der Waals surface area contributed by atoms with E-state index in [1.165, 1.54) is 44.9 Å². The smallest absolute Gasteiger partial charge is 0.320 e. The number of carbonyl (C=O) groups is 1. The summed E-state index contributed by atoms with van der Waals surface area (Å²) in [7, 11) is 0. The van der Waals surface area contributed by atoms with Gasteiger partial charge in [-0.25, -0.2) is 0 Å². The van der Waals surface area contributed by atoms with Crippen molar-refractivity contribution in [2.24, 2.45) is 17.8 Å². The summed E-state index contributed by atoms with van der Waals surface area (Å²) in [6.07, 6.45) is 9.83. The Morgan fingerprint density at radius 1 is 1.00 bits per heavy atom. The average Bonchev–Trinajstić information content (AvgIpc) is 2.78. The van der Waals surface area contributed by atoms with Crippen LogP contribution in [0.5, 0.6) is 0 Å². The van der Waals surface area contributed by atoms with Crippen molar-refractivity contribution < 1.29 is 9.90 Å². The molecule has 3 fully saturated rings. The van der Waals surface area contributed by atoms with Crippen LogP contribution in [-0.4, -0.2) is 34.1 Å². The van der Waals surface area contributed by atoms with E-state index < -0.39 is 5.97 Å². The summed E-state index contributed by atoms with van der Waals surface area (Å²) >= 11 is 0. The van der Waals surface area contributed by atoms with Crippen molar-refractivity contribution in [3.8, 4) is 0 Å². The van der Waals surface area contributed by atoms with E-state index in [0.29, 0.717) is 29.8 Å². The molecule has 5 atom stereocenters. The zero-order chi connectivity index (χ0) is 14.3. The SMILES string of the molecule is CC1CCCC(C)C1N1C(C(=O)O)CC2CCCCC21. The molecular formula is C17H29NO2. The van der Waals surface area contributed by atoms with Gasteiger partial charge in [-0.3, -0.25) is 9.69 Å². The molecular weight excluding hydrogens is 250 g/mol. The molecule has 2 saturated carbocycles. The second-order valence-electron chi connectivity index (χ2n) is 7.52. The van der Waals surface area contributed by atoms with E-state index >= 15 is 0 Å². The maximum absolute atomic E-state index is 11.8. The quantitative estimate of drug-likeness (QED) is 0.840. The predicted octanol–water partition coefficient (Wildman–Crippen LogP) is 3.53. The van der Waals surface area contributed by atoms with E-state index in [1.54, 1.807) is 0 Å². The molecule has 1 aliphatic heterocycles. The third-order valence-electron chi connectivity index (χ3n) is 6.25. The summed E-state index contributed by atoms with van der Waals surface area (Å²) < 4.78 is 0. The van der Waals surface area contributed by atoms with Gasteiger partial charge < -0.3 is 5.11 Å². The fraction of sp³-hybridized carbons (Fsp3) is 0.941. The fourth-order valence-electron chi connectivity index (χ4n) is 5.40. The lowest BCUT2D eigenvalue weighted by Gasteiger charge is -2.46. The van der Waals surface area contributed by atoms with Gasteiger partial charge in [0.05, 0.1) is 0 Å². The molecule has 1 N–H and O–H groups in total. The van der Waals surface area contributed by atoms with Gasteiger partial charge in [0.15, 0.2) is 0 Å².